The molecular weight excluding hydrogens is 282 g/mol. The van der Waals surface area contributed by atoms with Gasteiger partial charge in [-0.15, -0.1) is 0 Å². The van der Waals surface area contributed by atoms with Gasteiger partial charge in [0, 0.05) is 0 Å². The predicted octanol–water partition coefficient (Wildman–Crippen LogP) is 1.28. The SMILES string of the molecule is Cc1ccc(OC(=O)NS(=O)(=O)C(F)(F)F)cc1.[LiH]. The molecule has 0 aliphatic heterocycles. The summed E-state index contributed by atoms with van der Waals surface area (Å²) in [6.07, 6.45) is -1.73. The molecule has 0 spiro atoms. The second-order valence-corrected chi connectivity index (χ2v) is 4.93. The summed E-state index contributed by atoms with van der Waals surface area (Å²) in [5.41, 5.74) is -4.73. The second-order valence-electron chi connectivity index (χ2n) is 3.25. The van der Waals surface area contributed by atoms with Crippen LogP contribution in [0.1, 0.15) is 5.56 Å². The molecule has 0 atom stereocenters. The maximum absolute atomic E-state index is 11.9. The number of ether oxygens (including phenoxy) is 1. The molecule has 0 heterocycles. The van der Waals surface area contributed by atoms with Gasteiger partial charge in [0.05, 0.1) is 0 Å². The van der Waals surface area contributed by atoms with Crippen molar-refractivity contribution in [1.82, 2.24) is 4.72 Å². The summed E-state index contributed by atoms with van der Waals surface area (Å²) in [4.78, 5) is 10.9. The number of sulfonamides is 1. The van der Waals surface area contributed by atoms with Crippen molar-refractivity contribution in [1.29, 1.82) is 0 Å². The summed E-state index contributed by atoms with van der Waals surface area (Å²) in [6.45, 7) is 1.75. The zero-order chi connectivity index (χ0) is 14.0. The molecule has 1 aromatic carbocycles. The molecule has 5 nitrogen and oxygen atoms in total. The first-order chi connectivity index (χ1) is 8.12. The average molecular weight is 291 g/mol. The number of benzene rings is 1. The Morgan fingerprint density at radius 3 is 2.11 bits per heavy atom. The number of hydrogen-bond acceptors (Lipinski definition) is 4. The van der Waals surface area contributed by atoms with Gasteiger partial charge in [0.25, 0.3) is 0 Å². The third-order valence-electron chi connectivity index (χ3n) is 1.75. The Bertz CT molecular complexity index is 542. The van der Waals surface area contributed by atoms with Crippen molar-refractivity contribution < 1.29 is 31.1 Å². The Hall–Kier alpha value is -1.17. The van der Waals surface area contributed by atoms with E-state index in [2.05, 4.69) is 4.74 Å². The minimum atomic E-state index is -5.75. The van der Waals surface area contributed by atoms with Gasteiger partial charge in [-0.25, -0.2) is 9.52 Å². The van der Waals surface area contributed by atoms with Crippen molar-refractivity contribution in [2.24, 2.45) is 0 Å². The van der Waals surface area contributed by atoms with E-state index in [9.17, 15) is 26.4 Å². The number of halogens is 3. The van der Waals surface area contributed by atoms with Crippen molar-refractivity contribution in [3.63, 3.8) is 0 Å². The van der Waals surface area contributed by atoms with Crippen LogP contribution in [-0.4, -0.2) is 38.9 Å². The third kappa shape index (κ3) is 5.14. The van der Waals surface area contributed by atoms with Crippen LogP contribution < -0.4 is 9.46 Å². The maximum atomic E-state index is 11.9. The zero-order valence-electron chi connectivity index (χ0n) is 8.98. The van der Waals surface area contributed by atoms with Crippen LogP contribution in [-0.2, 0) is 10.0 Å². The van der Waals surface area contributed by atoms with Crippen molar-refractivity contribution in [2.45, 2.75) is 12.4 Å². The summed E-state index contributed by atoms with van der Waals surface area (Å²) in [7, 11) is -5.75. The number of amides is 1. The molecule has 1 aromatic rings. The molecule has 0 saturated carbocycles. The Balaban J connectivity index is 0.00000324. The molecule has 0 unspecified atom stereocenters. The average Bonchev–Trinajstić information content (AvgIpc) is 2.19. The number of carbonyl (C=O) groups is 1. The van der Waals surface area contributed by atoms with Crippen LogP contribution in [0.4, 0.5) is 18.0 Å². The number of rotatable bonds is 2. The van der Waals surface area contributed by atoms with E-state index in [4.69, 9.17) is 0 Å². The van der Waals surface area contributed by atoms with Crippen molar-refractivity contribution in [3.8, 4) is 5.75 Å². The normalized spacial score (nSPS) is 11.4. The van der Waals surface area contributed by atoms with E-state index in [1.54, 1.807) is 19.1 Å². The summed E-state index contributed by atoms with van der Waals surface area (Å²) in [6, 6.07) is 5.71. The summed E-state index contributed by atoms with van der Waals surface area (Å²) in [5, 5.41) is 0. The van der Waals surface area contributed by atoms with Gasteiger partial charge in [0.2, 0.25) is 0 Å². The molecule has 10 heteroatoms. The van der Waals surface area contributed by atoms with Crippen LogP contribution in [0.15, 0.2) is 24.3 Å². The number of nitrogens with one attached hydrogen (secondary N) is 1. The number of carbonyl (C=O) groups excluding carboxylic acids is 1. The van der Waals surface area contributed by atoms with Crippen molar-refractivity contribution in [2.75, 3.05) is 0 Å². The van der Waals surface area contributed by atoms with Gasteiger partial charge in [0.15, 0.2) is 0 Å². The molecule has 0 aliphatic rings. The molecule has 1 amide bonds. The monoisotopic (exact) mass is 291 g/mol. The molecule has 0 bridgehead atoms. The summed E-state index contributed by atoms with van der Waals surface area (Å²) >= 11 is 0. The van der Waals surface area contributed by atoms with Crippen LogP contribution >= 0.6 is 0 Å². The fourth-order valence-electron chi connectivity index (χ4n) is 0.902. The first-order valence-corrected chi connectivity index (χ1v) is 5.98. The number of aryl methyl sites for hydroxylation is 1. The van der Waals surface area contributed by atoms with Gasteiger partial charge in [-0.3, -0.25) is 0 Å². The molecule has 0 aliphatic carbocycles. The van der Waals surface area contributed by atoms with Crippen LogP contribution in [0.3, 0.4) is 0 Å². The van der Waals surface area contributed by atoms with E-state index in [1.807, 2.05) is 0 Å². The molecular formula is C9H9F3LiNO4S. The quantitative estimate of drug-likeness (QED) is 0.833. The van der Waals surface area contributed by atoms with E-state index in [-0.39, 0.29) is 24.6 Å². The first-order valence-electron chi connectivity index (χ1n) is 4.49. The number of hydrogen-bond donors (Lipinski definition) is 1. The van der Waals surface area contributed by atoms with Gasteiger partial charge < -0.3 is 4.74 Å². The molecule has 0 saturated heterocycles. The van der Waals surface area contributed by atoms with E-state index in [0.29, 0.717) is 0 Å². The van der Waals surface area contributed by atoms with Gasteiger partial charge in [0.1, 0.15) is 5.75 Å². The topological polar surface area (TPSA) is 72.5 Å². The molecule has 0 radical (unpaired) electrons. The van der Waals surface area contributed by atoms with E-state index < -0.39 is 21.6 Å². The van der Waals surface area contributed by atoms with Crippen LogP contribution in [0.5, 0.6) is 5.75 Å². The Labute approximate surface area is 119 Å². The molecule has 0 aromatic heterocycles. The molecule has 1 rings (SSSR count). The van der Waals surface area contributed by atoms with E-state index >= 15 is 0 Å². The first kappa shape index (κ1) is 17.8. The van der Waals surface area contributed by atoms with Gasteiger partial charge in [-0.05, 0) is 19.1 Å². The molecule has 1 N–H and O–H groups in total. The predicted molar refractivity (Wildman–Crippen MR) is 62.5 cm³/mol. The zero-order valence-corrected chi connectivity index (χ0v) is 9.80. The Morgan fingerprint density at radius 1 is 1.21 bits per heavy atom. The van der Waals surface area contributed by atoms with Crippen molar-refractivity contribution in [3.05, 3.63) is 29.8 Å². The van der Waals surface area contributed by atoms with Crippen LogP contribution in [0.2, 0.25) is 0 Å². The molecule has 19 heavy (non-hydrogen) atoms. The minimum absolute atomic E-state index is 0. The van der Waals surface area contributed by atoms with Crippen molar-refractivity contribution >= 4 is 35.0 Å². The third-order valence-corrected chi connectivity index (χ3v) is 2.80. The molecule has 0 fully saturated rings. The van der Waals surface area contributed by atoms with E-state index in [1.165, 1.54) is 12.1 Å². The fourth-order valence-corrected chi connectivity index (χ4v) is 1.28. The van der Waals surface area contributed by atoms with Gasteiger partial charge >= 0.3 is 40.5 Å². The summed E-state index contributed by atoms with van der Waals surface area (Å²) < 4.78 is 62.0. The second kappa shape index (κ2) is 6.32. The Kier molecular flexibility index (Phi) is 5.93. The van der Waals surface area contributed by atoms with Gasteiger partial charge in [-0.2, -0.15) is 21.6 Å². The van der Waals surface area contributed by atoms with Crippen LogP contribution in [0, 0.1) is 6.92 Å². The van der Waals surface area contributed by atoms with Gasteiger partial charge in [-0.1, -0.05) is 17.7 Å². The summed E-state index contributed by atoms with van der Waals surface area (Å²) in [5.74, 6) is -0.0736. The molecule has 102 valence electrons. The fraction of sp³-hybridized carbons (Fsp3) is 0.222. The standard InChI is InChI=1S/C9H8F3NO4S.Li.H/c1-6-2-4-7(5-3-6)17-8(14)13-18(15,16)9(10,11)12;;/h2-5H,1H3,(H,13,14);;. The van der Waals surface area contributed by atoms with Crippen LogP contribution in [0.25, 0.3) is 0 Å². The number of alkyl halides is 3. The Morgan fingerprint density at radius 2 is 1.68 bits per heavy atom. The van der Waals surface area contributed by atoms with E-state index in [0.717, 1.165) is 10.3 Å².